The number of anilines is 1. The minimum absolute atomic E-state index is 0.257. The van der Waals surface area contributed by atoms with Gasteiger partial charge in [0.15, 0.2) is 5.11 Å². The van der Waals surface area contributed by atoms with Crippen molar-refractivity contribution in [2.24, 2.45) is 0 Å². The number of thiocarbonyl (C=S) groups is 1. The zero-order chi connectivity index (χ0) is 20.6. The molecule has 1 atom stereocenters. The van der Waals surface area contributed by atoms with Gasteiger partial charge in [0.1, 0.15) is 5.82 Å². The van der Waals surface area contributed by atoms with Crippen molar-refractivity contribution in [3.8, 4) is 0 Å². The second-order valence-electron chi connectivity index (χ2n) is 8.04. The normalized spacial score (nSPS) is 20.5. The molecule has 4 nitrogen and oxygen atoms in total. The van der Waals surface area contributed by atoms with E-state index in [-0.39, 0.29) is 5.82 Å². The van der Waals surface area contributed by atoms with Crippen molar-refractivity contribution < 1.29 is 14.0 Å². The summed E-state index contributed by atoms with van der Waals surface area (Å²) >= 11 is 5.65. The summed E-state index contributed by atoms with van der Waals surface area (Å²) < 4.78 is 28.4. The van der Waals surface area contributed by atoms with Crippen LogP contribution in [0.4, 0.5) is 14.6 Å². The van der Waals surface area contributed by atoms with Gasteiger partial charge in [-0.15, -0.1) is 0 Å². The molecule has 154 valence electrons. The summed E-state index contributed by atoms with van der Waals surface area (Å²) in [4.78, 5) is 4.05. The highest BCUT2D eigenvalue weighted by molar-refractivity contribution is 7.80. The molecule has 1 unspecified atom stereocenters. The number of benzene rings is 2. The molecule has 4 rings (SSSR count). The highest BCUT2D eigenvalue weighted by Gasteiger charge is 2.47. The number of aliphatic hydroxyl groups excluding tert-OH is 1. The van der Waals surface area contributed by atoms with Gasteiger partial charge < -0.3 is 14.9 Å². The molecule has 0 amide bonds. The van der Waals surface area contributed by atoms with Gasteiger partial charge >= 0.3 is 0 Å². The lowest BCUT2D eigenvalue weighted by atomic mass is 9.77. The summed E-state index contributed by atoms with van der Waals surface area (Å²) in [7, 11) is 1.91. The maximum absolute atomic E-state index is 15.3. The Bertz CT molecular complexity index is 884. The third kappa shape index (κ3) is 3.81. The molecule has 0 aromatic heterocycles. The van der Waals surface area contributed by atoms with Crippen LogP contribution in [-0.2, 0) is 6.54 Å². The van der Waals surface area contributed by atoms with Gasteiger partial charge in [-0.1, -0.05) is 34.8 Å². The summed E-state index contributed by atoms with van der Waals surface area (Å²) in [5.41, 5.74) is 1.40. The van der Waals surface area contributed by atoms with Gasteiger partial charge in [-0.05, 0) is 48.8 Å². The molecule has 0 aliphatic carbocycles. The fourth-order valence-corrected chi connectivity index (χ4v) is 4.69. The SMILES string of the molecule is CN(Cc1ccc(F)cc1)C(=S)N1CCC2(CC1)CC(O)c1ccccc1N2F. The van der Waals surface area contributed by atoms with E-state index in [0.717, 1.165) is 10.7 Å². The Kier molecular flexibility index (Phi) is 5.44. The average Bonchev–Trinajstić information content (AvgIpc) is 2.74. The Hall–Kier alpha value is -2.25. The second kappa shape index (κ2) is 7.88. The number of halogens is 2. The molecular formula is C22H25F2N3OS. The first-order valence-corrected chi connectivity index (χ1v) is 10.3. The predicted octanol–water partition coefficient (Wildman–Crippen LogP) is 4.21. The minimum Gasteiger partial charge on any atom is -0.388 e. The van der Waals surface area contributed by atoms with E-state index in [0.29, 0.717) is 55.3 Å². The van der Waals surface area contributed by atoms with Crippen LogP contribution in [0.5, 0.6) is 0 Å². The number of aliphatic hydroxyl groups is 1. The lowest BCUT2D eigenvalue weighted by Crippen LogP contribution is -2.57. The first kappa shape index (κ1) is 20.0. The third-order valence-corrected chi connectivity index (χ3v) is 6.69. The fraction of sp³-hybridized carbons (Fsp3) is 0.409. The van der Waals surface area contributed by atoms with E-state index in [2.05, 4.69) is 4.90 Å². The molecule has 2 heterocycles. The van der Waals surface area contributed by atoms with Crippen LogP contribution in [0.25, 0.3) is 0 Å². The van der Waals surface area contributed by atoms with Gasteiger partial charge in [-0.3, -0.25) is 0 Å². The Morgan fingerprint density at radius 1 is 1.17 bits per heavy atom. The van der Waals surface area contributed by atoms with Crippen LogP contribution in [0.2, 0.25) is 0 Å². The van der Waals surface area contributed by atoms with Crippen molar-refractivity contribution in [3.63, 3.8) is 0 Å². The van der Waals surface area contributed by atoms with Crippen LogP contribution < -0.4 is 5.12 Å². The Balaban J connectivity index is 1.41. The second-order valence-corrected chi connectivity index (χ2v) is 8.40. The molecule has 7 heteroatoms. The summed E-state index contributed by atoms with van der Waals surface area (Å²) in [5.74, 6) is -0.257. The van der Waals surface area contributed by atoms with Crippen molar-refractivity contribution in [3.05, 3.63) is 65.5 Å². The van der Waals surface area contributed by atoms with E-state index in [1.54, 1.807) is 30.3 Å². The molecule has 0 saturated carbocycles. The van der Waals surface area contributed by atoms with Crippen molar-refractivity contribution in [1.29, 1.82) is 0 Å². The molecule has 2 aliphatic rings. The van der Waals surface area contributed by atoms with Crippen LogP contribution in [0.3, 0.4) is 0 Å². The minimum atomic E-state index is -0.699. The van der Waals surface area contributed by atoms with Crippen molar-refractivity contribution >= 4 is 23.0 Å². The highest BCUT2D eigenvalue weighted by Crippen LogP contribution is 2.47. The van der Waals surface area contributed by atoms with Crippen LogP contribution in [-0.4, -0.2) is 45.7 Å². The number of likely N-dealkylation sites (tertiary alicyclic amines) is 1. The molecule has 2 aliphatic heterocycles. The molecule has 1 saturated heterocycles. The number of hydrogen-bond acceptors (Lipinski definition) is 3. The largest absolute Gasteiger partial charge is 0.388 e. The van der Waals surface area contributed by atoms with Gasteiger partial charge in [0.25, 0.3) is 0 Å². The van der Waals surface area contributed by atoms with Crippen LogP contribution >= 0.6 is 12.2 Å². The number of nitrogens with zero attached hydrogens (tertiary/aromatic N) is 3. The van der Waals surface area contributed by atoms with E-state index >= 15 is 4.48 Å². The molecular weight excluding hydrogens is 392 g/mol. The standard InChI is InChI=1S/C22H25F2N3OS/c1-25(15-16-6-8-17(23)9-7-16)21(29)26-12-10-22(11-13-26)14-20(28)18-4-2-3-5-19(18)27(22)24/h2-9,20,28H,10-15H2,1H3. The molecule has 2 aromatic rings. The van der Waals surface area contributed by atoms with Crippen molar-refractivity contribution in [1.82, 2.24) is 9.80 Å². The Labute approximate surface area is 175 Å². The van der Waals surface area contributed by atoms with Crippen molar-refractivity contribution in [2.75, 3.05) is 25.3 Å². The number of para-hydroxylation sites is 1. The zero-order valence-electron chi connectivity index (χ0n) is 16.4. The molecule has 0 bridgehead atoms. The maximum Gasteiger partial charge on any atom is 0.171 e. The first-order valence-electron chi connectivity index (χ1n) is 9.87. The topological polar surface area (TPSA) is 30.0 Å². The van der Waals surface area contributed by atoms with Gasteiger partial charge in [0.05, 0.1) is 17.3 Å². The molecule has 2 aromatic carbocycles. The van der Waals surface area contributed by atoms with Crippen LogP contribution in [0, 0.1) is 5.82 Å². The predicted molar refractivity (Wildman–Crippen MR) is 114 cm³/mol. The monoisotopic (exact) mass is 417 g/mol. The average molecular weight is 418 g/mol. The lowest BCUT2D eigenvalue weighted by Gasteiger charge is -2.50. The van der Waals surface area contributed by atoms with E-state index in [9.17, 15) is 9.50 Å². The molecule has 1 spiro atoms. The van der Waals surface area contributed by atoms with Gasteiger partial charge in [0.2, 0.25) is 0 Å². The van der Waals surface area contributed by atoms with Crippen molar-refractivity contribution in [2.45, 2.75) is 37.5 Å². The maximum atomic E-state index is 15.3. The number of fused-ring (bicyclic) bond motifs is 1. The summed E-state index contributed by atoms with van der Waals surface area (Å²) in [6.45, 7) is 1.84. The quantitative estimate of drug-likeness (QED) is 0.584. The number of piperidine rings is 1. The van der Waals surface area contributed by atoms with Crippen LogP contribution in [0.1, 0.15) is 36.5 Å². The smallest absolute Gasteiger partial charge is 0.171 e. The summed E-state index contributed by atoms with van der Waals surface area (Å²) in [6, 6.07) is 13.5. The molecule has 1 fully saturated rings. The van der Waals surface area contributed by atoms with E-state index in [1.807, 2.05) is 18.0 Å². The van der Waals surface area contributed by atoms with E-state index in [4.69, 9.17) is 12.2 Å². The Morgan fingerprint density at radius 2 is 1.83 bits per heavy atom. The molecule has 0 radical (unpaired) electrons. The van der Waals surface area contributed by atoms with Gasteiger partial charge in [-0.25, -0.2) is 9.51 Å². The highest BCUT2D eigenvalue weighted by atomic mass is 32.1. The lowest BCUT2D eigenvalue weighted by molar-refractivity contribution is 0.0613. The van der Waals surface area contributed by atoms with E-state index in [1.165, 1.54) is 12.1 Å². The summed E-state index contributed by atoms with van der Waals surface area (Å²) in [5, 5.41) is 12.1. The molecule has 1 N–H and O–H groups in total. The Morgan fingerprint density at radius 3 is 2.52 bits per heavy atom. The number of hydrogen-bond donors (Lipinski definition) is 1. The summed E-state index contributed by atoms with van der Waals surface area (Å²) in [6.07, 6.45) is 0.892. The first-order chi connectivity index (χ1) is 13.9. The zero-order valence-corrected chi connectivity index (χ0v) is 17.2. The number of rotatable bonds is 2. The van der Waals surface area contributed by atoms with Crippen LogP contribution in [0.15, 0.2) is 48.5 Å². The third-order valence-electron chi connectivity index (χ3n) is 6.12. The fourth-order valence-electron chi connectivity index (χ4n) is 4.44. The van der Waals surface area contributed by atoms with Gasteiger partial charge in [-0.2, -0.15) is 0 Å². The van der Waals surface area contributed by atoms with Gasteiger partial charge in [0, 0.05) is 38.7 Å². The molecule has 29 heavy (non-hydrogen) atoms. The van der Waals surface area contributed by atoms with E-state index < -0.39 is 11.6 Å².